The minimum absolute atomic E-state index is 0.00697. The van der Waals surface area contributed by atoms with E-state index in [1.54, 1.807) is 38.1 Å². The average Bonchev–Trinajstić information content (AvgIpc) is 3.08. The number of methoxy groups -OCH3 is 1. The summed E-state index contributed by atoms with van der Waals surface area (Å²) in [4.78, 5) is 48.3. The molecule has 0 aliphatic rings. The van der Waals surface area contributed by atoms with Crippen LogP contribution in [0.2, 0.25) is 0 Å². The molecular weight excluding hydrogens is 424 g/mol. The molecule has 0 radical (unpaired) electrons. The molecule has 166 valence electrons. The van der Waals surface area contributed by atoms with Gasteiger partial charge in [-0.3, -0.25) is 14.4 Å². The molecular formula is C21H24N2O7S. The molecule has 0 atom stereocenters. The number of amides is 2. The van der Waals surface area contributed by atoms with Crippen LogP contribution in [0.5, 0.6) is 5.75 Å². The van der Waals surface area contributed by atoms with E-state index in [0.29, 0.717) is 23.3 Å². The maximum atomic E-state index is 12.4. The second kappa shape index (κ2) is 11.2. The number of ketones is 1. The number of carbonyl (C=O) groups is 4. The van der Waals surface area contributed by atoms with Gasteiger partial charge in [0.25, 0.3) is 11.8 Å². The van der Waals surface area contributed by atoms with Gasteiger partial charge in [0, 0.05) is 19.1 Å². The zero-order valence-electron chi connectivity index (χ0n) is 17.5. The van der Waals surface area contributed by atoms with Crippen molar-refractivity contribution in [3.8, 4) is 5.75 Å². The van der Waals surface area contributed by atoms with Crippen molar-refractivity contribution in [1.82, 2.24) is 0 Å². The lowest BCUT2D eigenvalue weighted by Gasteiger charge is -2.09. The summed E-state index contributed by atoms with van der Waals surface area (Å²) in [6.07, 6.45) is 0.395. The van der Waals surface area contributed by atoms with Gasteiger partial charge in [0.05, 0.1) is 17.0 Å². The van der Waals surface area contributed by atoms with Gasteiger partial charge in [-0.15, -0.1) is 11.3 Å². The second-order valence-electron chi connectivity index (χ2n) is 6.39. The topological polar surface area (TPSA) is 134 Å². The Morgan fingerprint density at radius 1 is 1.10 bits per heavy atom. The summed E-state index contributed by atoms with van der Waals surface area (Å²) in [5.41, 5.74) is 6.31. The minimum Gasteiger partial charge on any atom is -0.484 e. The Bertz CT molecular complexity index is 967. The number of rotatable bonds is 11. The molecule has 0 saturated heterocycles. The van der Waals surface area contributed by atoms with E-state index in [9.17, 15) is 19.2 Å². The molecule has 0 bridgehead atoms. The highest BCUT2D eigenvalue weighted by atomic mass is 32.1. The number of nitrogens with two attached hydrogens (primary N) is 1. The summed E-state index contributed by atoms with van der Waals surface area (Å²) < 4.78 is 15.4. The van der Waals surface area contributed by atoms with Gasteiger partial charge >= 0.3 is 5.97 Å². The Balaban J connectivity index is 2.09. The van der Waals surface area contributed by atoms with Gasteiger partial charge in [0.15, 0.2) is 12.4 Å². The van der Waals surface area contributed by atoms with Crippen molar-refractivity contribution < 1.29 is 33.4 Å². The Hall–Kier alpha value is -3.24. The van der Waals surface area contributed by atoms with E-state index in [1.807, 2.05) is 0 Å². The van der Waals surface area contributed by atoms with Gasteiger partial charge in [-0.2, -0.15) is 0 Å². The first-order chi connectivity index (χ1) is 14.8. The largest absolute Gasteiger partial charge is 0.484 e. The molecule has 3 N–H and O–H groups in total. The first-order valence-electron chi connectivity index (χ1n) is 9.43. The first kappa shape index (κ1) is 24.0. The summed E-state index contributed by atoms with van der Waals surface area (Å²) in [7, 11) is 1.47. The van der Waals surface area contributed by atoms with E-state index in [4.69, 9.17) is 19.9 Å². The second-order valence-corrected chi connectivity index (χ2v) is 7.41. The molecule has 0 unspecified atom stereocenters. The third-order valence-electron chi connectivity index (χ3n) is 4.22. The molecule has 0 aliphatic heterocycles. The highest BCUT2D eigenvalue weighted by molar-refractivity contribution is 7.18. The van der Waals surface area contributed by atoms with Gasteiger partial charge in [-0.25, -0.2) is 4.79 Å². The monoisotopic (exact) mass is 448 g/mol. The normalized spacial score (nSPS) is 10.4. The number of esters is 1. The summed E-state index contributed by atoms with van der Waals surface area (Å²) in [6.45, 7) is 3.20. The molecule has 10 heteroatoms. The third-order valence-corrected chi connectivity index (χ3v) is 5.44. The van der Waals surface area contributed by atoms with E-state index in [-0.39, 0.29) is 41.0 Å². The summed E-state index contributed by atoms with van der Waals surface area (Å²) in [5, 5.41) is 2.71. The fourth-order valence-corrected chi connectivity index (χ4v) is 3.69. The molecule has 0 spiro atoms. The van der Waals surface area contributed by atoms with E-state index in [0.717, 1.165) is 11.3 Å². The van der Waals surface area contributed by atoms with Gasteiger partial charge in [-0.1, -0.05) is 6.92 Å². The average molecular weight is 448 g/mol. The quantitative estimate of drug-likeness (QED) is 0.306. The van der Waals surface area contributed by atoms with Crippen molar-refractivity contribution in [2.24, 2.45) is 5.73 Å². The van der Waals surface area contributed by atoms with E-state index in [1.165, 1.54) is 7.11 Å². The van der Waals surface area contributed by atoms with Crippen molar-refractivity contribution in [3.63, 3.8) is 0 Å². The van der Waals surface area contributed by atoms with Gasteiger partial charge in [0.2, 0.25) is 0 Å². The molecule has 1 heterocycles. The van der Waals surface area contributed by atoms with Crippen LogP contribution in [0.15, 0.2) is 24.3 Å². The number of benzene rings is 1. The van der Waals surface area contributed by atoms with Crippen LogP contribution in [0.1, 0.15) is 49.3 Å². The molecule has 0 fully saturated rings. The van der Waals surface area contributed by atoms with Crippen LogP contribution in [-0.4, -0.2) is 50.5 Å². The molecule has 1 aromatic carbocycles. The Morgan fingerprint density at radius 2 is 1.77 bits per heavy atom. The predicted molar refractivity (Wildman–Crippen MR) is 115 cm³/mol. The lowest BCUT2D eigenvalue weighted by atomic mass is 10.1. The van der Waals surface area contributed by atoms with Crippen LogP contribution in [0, 0.1) is 6.92 Å². The zero-order valence-corrected chi connectivity index (χ0v) is 18.3. The molecule has 9 nitrogen and oxygen atoms in total. The minimum atomic E-state index is -0.716. The van der Waals surface area contributed by atoms with Crippen LogP contribution < -0.4 is 15.8 Å². The molecule has 2 amide bonds. The highest BCUT2D eigenvalue weighted by Crippen LogP contribution is 2.33. The number of nitrogens with one attached hydrogen (secondary N) is 1. The van der Waals surface area contributed by atoms with Crippen molar-refractivity contribution in [2.45, 2.75) is 20.3 Å². The molecule has 0 aliphatic carbocycles. The number of Topliss-reactive ketones (excluding diaryl/α,β-unsaturated/α-hetero) is 1. The van der Waals surface area contributed by atoms with Crippen LogP contribution in [0.3, 0.4) is 0 Å². The van der Waals surface area contributed by atoms with E-state index >= 15 is 0 Å². The summed E-state index contributed by atoms with van der Waals surface area (Å²) in [5.74, 6) is -1.55. The zero-order chi connectivity index (χ0) is 23.0. The maximum Gasteiger partial charge on any atom is 0.341 e. The van der Waals surface area contributed by atoms with Crippen molar-refractivity contribution in [1.29, 1.82) is 0 Å². The Labute approximate surface area is 183 Å². The number of primary amides is 1. The Kier molecular flexibility index (Phi) is 8.71. The number of hydrogen-bond acceptors (Lipinski definition) is 8. The number of thiophene rings is 1. The lowest BCUT2D eigenvalue weighted by Crippen LogP contribution is -2.21. The molecule has 2 rings (SSSR count). The summed E-state index contributed by atoms with van der Waals surface area (Å²) >= 11 is 0.888. The van der Waals surface area contributed by atoms with Crippen molar-refractivity contribution in [3.05, 3.63) is 45.8 Å². The number of hydrogen-bond donors (Lipinski definition) is 2. The van der Waals surface area contributed by atoms with Gasteiger partial charge < -0.3 is 25.3 Å². The third kappa shape index (κ3) is 6.37. The maximum absolute atomic E-state index is 12.4. The fraction of sp³-hybridized carbons (Fsp3) is 0.333. The fourth-order valence-electron chi connectivity index (χ4n) is 2.63. The Morgan fingerprint density at radius 3 is 2.35 bits per heavy atom. The molecule has 0 saturated carbocycles. The summed E-state index contributed by atoms with van der Waals surface area (Å²) in [6, 6.07) is 6.43. The van der Waals surface area contributed by atoms with Gasteiger partial charge in [-0.05, 0) is 36.8 Å². The smallest absolute Gasteiger partial charge is 0.341 e. The molecule has 2 aromatic rings. The molecule has 31 heavy (non-hydrogen) atoms. The van der Waals surface area contributed by atoms with Crippen molar-refractivity contribution in [2.75, 3.05) is 32.2 Å². The highest BCUT2D eigenvalue weighted by Gasteiger charge is 2.26. The van der Waals surface area contributed by atoms with E-state index < -0.39 is 17.8 Å². The number of ether oxygens (including phenoxy) is 3. The predicted octanol–water partition coefficient (Wildman–Crippen LogP) is 2.57. The van der Waals surface area contributed by atoms with E-state index in [2.05, 4.69) is 5.32 Å². The SMILES string of the molecule is CCC(=O)c1ccc(OCC(=O)Nc2sc(C(N)=O)c(C)c2C(=O)OCCOC)cc1. The van der Waals surface area contributed by atoms with Crippen LogP contribution in [0.25, 0.3) is 0 Å². The van der Waals surface area contributed by atoms with Crippen LogP contribution in [0.4, 0.5) is 5.00 Å². The number of carbonyl (C=O) groups excluding carboxylic acids is 4. The molecule has 1 aromatic heterocycles. The number of anilines is 1. The lowest BCUT2D eigenvalue weighted by molar-refractivity contribution is -0.118. The standard InChI is InChI=1S/C21H24N2O7S/c1-4-15(24)13-5-7-14(8-6-13)30-11-16(25)23-20-17(21(27)29-10-9-28-3)12(2)18(31-20)19(22)26/h5-8H,4,9-11H2,1-3H3,(H2,22,26)(H,23,25). The van der Waals surface area contributed by atoms with Crippen LogP contribution in [-0.2, 0) is 14.3 Å². The first-order valence-corrected chi connectivity index (χ1v) is 10.2. The van der Waals surface area contributed by atoms with Crippen molar-refractivity contribution >= 4 is 39.9 Å². The van der Waals surface area contributed by atoms with Crippen LogP contribution >= 0.6 is 11.3 Å². The van der Waals surface area contributed by atoms with Gasteiger partial charge in [0.1, 0.15) is 17.4 Å².